The molecule has 0 amide bonds. The van der Waals surface area contributed by atoms with E-state index < -0.39 is 0 Å². The number of pyridine rings is 1. The topological polar surface area (TPSA) is 38.9 Å². The van der Waals surface area contributed by atoms with E-state index in [0.29, 0.717) is 0 Å². The summed E-state index contributed by atoms with van der Waals surface area (Å²) in [4.78, 5) is 4.75. The number of hydrogen-bond acceptors (Lipinski definition) is 2. The van der Waals surface area contributed by atoms with Gasteiger partial charge in [-0.05, 0) is 31.4 Å². The fourth-order valence-electron chi connectivity index (χ4n) is 2.11. The highest BCUT2D eigenvalue weighted by molar-refractivity contribution is 5.34. The van der Waals surface area contributed by atoms with E-state index in [0.717, 1.165) is 24.2 Å². The minimum atomic E-state index is -0.226. The first-order valence-corrected chi connectivity index (χ1v) is 5.60. The number of nitrogens with two attached hydrogens (primary N) is 1. The van der Waals surface area contributed by atoms with Crippen LogP contribution in [0.15, 0.2) is 12.1 Å². The zero-order chi connectivity index (χ0) is 11.3. The minimum Gasteiger partial charge on any atom is -0.320 e. The fourth-order valence-corrected chi connectivity index (χ4v) is 2.11. The van der Waals surface area contributed by atoms with Crippen molar-refractivity contribution in [3.63, 3.8) is 0 Å². The lowest BCUT2D eigenvalue weighted by atomic mass is 9.90. The Labute approximate surface area is 91.9 Å². The second-order valence-corrected chi connectivity index (χ2v) is 5.87. The lowest BCUT2D eigenvalue weighted by Crippen LogP contribution is -2.31. The highest BCUT2D eigenvalue weighted by Gasteiger charge is 2.33. The Hall–Kier alpha value is -0.890. The standard InChI is InChI=1S/C13H20N2/c1-12(2,3)10-6-5-9-7-8-13(4,14)11(9)15-10/h5-6H,7-8,14H2,1-4H3. The Balaban J connectivity index is 2.51. The van der Waals surface area contributed by atoms with Crippen LogP contribution in [-0.2, 0) is 17.4 Å². The summed E-state index contributed by atoms with van der Waals surface area (Å²) in [7, 11) is 0. The summed E-state index contributed by atoms with van der Waals surface area (Å²) >= 11 is 0. The zero-order valence-electron chi connectivity index (χ0n) is 10.1. The number of fused-ring (bicyclic) bond motifs is 1. The van der Waals surface area contributed by atoms with Gasteiger partial charge in [0.2, 0.25) is 0 Å². The molecule has 0 fully saturated rings. The van der Waals surface area contributed by atoms with Crippen molar-refractivity contribution < 1.29 is 0 Å². The van der Waals surface area contributed by atoms with E-state index in [1.165, 1.54) is 5.56 Å². The largest absolute Gasteiger partial charge is 0.320 e. The summed E-state index contributed by atoms with van der Waals surface area (Å²) in [6, 6.07) is 4.33. The van der Waals surface area contributed by atoms with Gasteiger partial charge in [-0.25, -0.2) is 0 Å². The third kappa shape index (κ3) is 1.78. The van der Waals surface area contributed by atoms with Gasteiger partial charge in [-0.15, -0.1) is 0 Å². The van der Waals surface area contributed by atoms with E-state index in [-0.39, 0.29) is 11.0 Å². The number of rotatable bonds is 0. The Bertz CT molecular complexity index is 386. The molecule has 1 aromatic rings. The number of aromatic nitrogens is 1. The predicted octanol–water partition coefficient (Wildman–Crippen LogP) is 2.50. The van der Waals surface area contributed by atoms with Crippen LogP contribution < -0.4 is 5.73 Å². The van der Waals surface area contributed by atoms with E-state index in [9.17, 15) is 0 Å². The molecule has 0 bridgehead atoms. The van der Waals surface area contributed by atoms with Crippen LogP contribution in [0.4, 0.5) is 0 Å². The first kappa shape index (κ1) is 10.6. The molecule has 1 unspecified atom stereocenters. The van der Waals surface area contributed by atoms with E-state index in [4.69, 9.17) is 10.7 Å². The predicted molar refractivity (Wildman–Crippen MR) is 62.8 cm³/mol. The van der Waals surface area contributed by atoms with Crippen LogP contribution in [0.25, 0.3) is 0 Å². The average molecular weight is 204 g/mol. The highest BCUT2D eigenvalue weighted by Crippen LogP contribution is 2.34. The van der Waals surface area contributed by atoms with Gasteiger partial charge in [-0.2, -0.15) is 0 Å². The molecule has 2 rings (SSSR count). The number of hydrogen-bond donors (Lipinski definition) is 1. The average Bonchev–Trinajstić information content (AvgIpc) is 2.41. The molecule has 15 heavy (non-hydrogen) atoms. The van der Waals surface area contributed by atoms with Crippen LogP contribution in [0.2, 0.25) is 0 Å². The van der Waals surface area contributed by atoms with Gasteiger partial charge < -0.3 is 5.73 Å². The summed E-state index contributed by atoms with van der Waals surface area (Å²) in [5.74, 6) is 0. The number of nitrogens with zero attached hydrogens (tertiary/aromatic N) is 1. The SMILES string of the molecule is CC(C)(C)c1ccc2c(n1)C(C)(N)CC2. The summed E-state index contributed by atoms with van der Waals surface area (Å²) in [6.07, 6.45) is 2.09. The zero-order valence-corrected chi connectivity index (χ0v) is 10.1. The van der Waals surface area contributed by atoms with Crippen molar-refractivity contribution in [1.82, 2.24) is 4.98 Å². The summed E-state index contributed by atoms with van der Waals surface area (Å²) in [5.41, 5.74) is 9.69. The molecule has 1 aliphatic rings. The van der Waals surface area contributed by atoms with Crippen molar-refractivity contribution >= 4 is 0 Å². The lowest BCUT2D eigenvalue weighted by Gasteiger charge is -2.22. The Morgan fingerprint density at radius 3 is 2.60 bits per heavy atom. The van der Waals surface area contributed by atoms with Crippen molar-refractivity contribution in [3.05, 3.63) is 29.1 Å². The normalized spacial score (nSPS) is 25.4. The molecule has 2 nitrogen and oxygen atoms in total. The molecular weight excluding hydrogens is 184 g/mol. The third-order valence-corrected chi connectivity index (χ3v) is 3.20. The molecule has 0 saturated heterocycles. The minimum absolute atomic E-state index is 0.105. The number of aryl methyl sites for hydroxylation is 1. The van der Waals surface area contributed by atoms with Gasteiger partial charge in [0.25, 0.3) is 0 Å². The molecule has 0 aliphatic heterocycles. The van der Waals surface area contributed by atoms with Crippen molar-refractivity contribution in [2.75, 3.05) is 0 Å². The van der Waals surface area contributed by atoms with E-state index >= 15 is 0 Å². The summed E-state index contributed by atoms with van der Waals surface area (Å²) in [5, 5.41) is 0. The van der Waals surface area contributed by atoms with Gasteiger partial charge in [0.15, 0.2) is 0 Å². The molecule has 1 aliphatic carbocycles. The Morgan fingerprint density at radius 2 is 2.00 bits per heavy atom. The van der Waals surface area contributed by atoms with Crippen LogP contribution in [0.3, 0.4) is 0 Å². The molecule has 1 heterocycles. The molecule has 2 heteroatoms. The molecule has 2 N–H and O–H groups in total. The van der Waals surface area contributed by atoms with Crippen molar-refractivity contribution in [2.45, 2.75) is 51.5 Å². The smallest absolute Gasteiger partial charge is 0.0635 e. The van der Waals surface area contributed by atoms with Crippen LogP contribution in [0.1, 0.15) is 51.1 Å². The van der Waals surface area contributed by atoms with Gasteiger partial charge in [-0.3, -0.25) is 4.98 Å². The first-order valence-electron chi connectivity index (χ1n) is 5.60. The van der Waals surface area contributed by atoms with Gasteiger partial charge in [-0.1, -0.05) is 26.8 Å². The summed E-state index contributed by atoms with van der Waals surface area (Å²) < 4.78 is 0. The molecule has 1 aromatic heterocycles. The maximum atomic E-state index is 6.24. The van der Waals surface area contributed by atoms with Crippen LogP contribution >= 0.6 is 0 Å². The highest BCUT2D eigenvalue weighted by atomic mass is 14.9. The van der Waals surface area contributed by atoms with E-state index in [2.05, 4.69) is 39.8 Å². The fraction of sp³-hybridized carbons (Fsp3) is 0.615. The third-order valence-electron chi connectivity index (χ3n) is 3.20. The molecule has 0 saturated carbocycles. The maximum absolute atomic E-state index is 6.24. The van der Waals surface area contributed by atoms with Gasteiger partial charge >= 0.3 is 0 Å². The van der Waals surface area contributed by atoms with Crippen molar-refractivity contribution in [3.8, 4) is 0 Å². The molecule has 82 valence electrons. The Morgan fingerprint density at radius 1 is 1.33 bits per heavy atom. The molecule has 0 aromatic carbocycles. The van der Waals surface area contributed by atoms with Gasteiger partial charge in [0.05, 0.1) is 11.2 Å². The van der Waals surface area contributed by atoms with E-state index in [1.807, 2.05) is 0 Å². The second-order valence-electron chi connectivity index (χ2n) is 5.87. The monoisotopic (exact) mass is 204 g/mol. The molecule has 0 spiro atoms. The summed E-state index contributed by atoms with van der Waals surface area (Å²) in [6.45, 7) is 8.64. The first-order chi connectivity index (χ1) is 6.81. The Kier molecular flexibility index (Phi) is 2.16. The van der Waals surface area contributed by atoms with Crippen LogP contribution in [0.5, 0.6) is 0 Å². The van der Waals surface area contributed by atoms with Crippen LogP contribution in [0, 0.1) is 0 Å². The second kappa shape index (κ2) is 3.05. The quantitative estimate of drug-likeness (QED) is 0.705. The van der Waals surface area contributed by atoms with Crippen molar-refractivity contribution in [1.29, 1.82) is 0 Å². The molecule has 0 radical (unpaired) electrons. The maximum Gasteiger partial charge on any atom is 0.0635 e. The molecule has 1 atom stereocenters. The lowest BCUT2D eigenvalue weighted by molar-refractivity contribution is 0.472. The van der Waals surface area contributed by atoms with E-state index in [1.54, 1.807) is 0 Å². The van der Waals surface area contributed by atoms with Gasteiger partial charge in [0, 0.05) is 11.1 Å². The van der Waals surface area contributed by atoms with Crippen LogP contribution in [-0.4, -0.2) is 4.98 Å². The van der Waals surface area contributed by atoms with Gasteiger partial charge in [0.1, 0.15) is 0 Å². The van der Waals surface area contributed by atoms with Crippen molar-refractivity contribution in [2.24, 2.45) is 5.73 Å². The molecular formula is C13H20N2.